The molecule has 7 nitrogen and oxygen atoms in total. The zero-order valence-electron chi connectivity index (χ0n) is 14.5. The molecule has 0 aliphatic rings. The van der Waals surface area contributed by atoms with E-state index in [1.165, 1.54) is 13.2 Å². The SMILES string of the molecule is COc1cc(C(=O)Nc2ccc(C)c([N+](=O)[O-])c2)ccc1OC(C)C. The molecule has 2 rings (SSSR count). The molecule has 0 saturated carbocycles. The van der Waals surface area contributed by atoms with Gasteiger partial charge < -0.3 is 14.8 Å². The van der Waals surface area contributed by atoms with Crippen LogP contribution in [-0.4, -0.2) is 24.0 Å². The van der Waals surface area contributed by atoms with Crippen molar-refractivity contribution in [2.75, 3.05) is 12.4 Å². The lowest BCUT2D eigenvalue weighted by atomic mass is 10.1. The maximum atomic E-state index is 12.4. The predicted molar refractivity (Wildman–Crippen MR) is 94.5 cm³/mol. The van der Waals surface area contributed by atoms with Gasteiger partial charge in [-0.15, -0.1) is 0 Å². The molecule has 0 aliphatic carbocycles. The number of methoxy groups -OCH3 is 1. The number of benzene rings is 2. The van der Waals surface area contributed by atoms with Crippen molar-refractivity contribution >= 4 is 17.3 Å². The van der Waals surface area contributed by atoms with Crippen LogP contribution < -0.4 is 14.8 Å². The molecule has 0 aromatic heterocycles. The third-order valence-corrected chi connectivity index (χ3v) is 3.45. The number of nitro benzene ring substituents is 1. The summed E-state index contributed by atoms with van der Waals surface area (Å²) in [5.74, 6) is 0.587. The van der Waals surface area contributed by atoms with Crippen LogP contribution in [0.4, 0.5) is 11.4 Å². The van der Waals surface area contributed by atoms with Gasteiger partial charge in [0.25, 0.3) is 11.6 Å². The summed E-state index contributed by atoms with van der Waals surface area (Å²) < 4.78 is 10.9. The Morgan fingerprint density at radius 3 is 2.48 bits per heavy atom. The van der Waals surface area contributed by atoms with Gasteiger partial charge in [-0.2, -0.15) is 0 Å². The zero-order valence-corrected chi connectivity index (χ0v) is 14.5. The molecule has 0 bridgehead atoms. The number of hydrogen-bond acceptors (Lipinski definition) is 5. The van der Waals surface area contributed by atoms with Crippen molar-refractivity contribution < 1.29 is 19.2 Å². The van der Waals surface area contributed by atoms with Gasteiger partial charge in [0.05, 0.1) is 18.1 Å². The highest BCUT2D eigenvalue weighted by molar-refractivity contribution is 6.04. The zero-order chi connectivity index (χ0) is 18.6. The normalized spacial score (nSPS) is 10.4. The van der Waals surface area contributed by atoms with Gasteiger partial charge >= 0.3 is 0 Å². The minimum Gasteiger partial charge on any atom is -0.493 e. The summed E-state index contributed by atoms with van der Waals surface area (Å²) in [6.45, 7) is 5.43. The van der Waals surface area contributed by atoms with E-state index < -0.39 is 10.8 Å². The lowest BCUT2D eigenvalue weighted by Crippen LogP contribution is -2.13. The van der Waals surface area contributed by atoms with Crippen molar-refractivity contribution in [2.45, 2.75) is 26.9 Å². The van der Waals surface area contributed by atoms with Crippen LogP contribution in [0.3, 0.4) is 0 Å². The van der Waals surface area contributed by atoms with Gasteiger partial charge in [-0.25, -0.2) is 0 Å². The Morgan fingerprint density at radius 1 is 1.16 bits per heavy atom. The quantitative estimate of drug-likeness (QED) is 0.633. The Morgan fingerprint density at radius 2 is 1.88 bits per heavy atom. The van der Waals surface area contributed by atoms with Gasteiger partial charge in [-0.3, -0.25) is 14.9 Å². The second kappa shape index (κ2) is 7.65. The Balaban J connectivity index is 2.24. The summed E-state index contributed by atoms with van der Waals surface area (Å²) in [4.78, 5) is 22.9. The van der Waals surface area contributed by atoms with Crippen LogP contribution in [-0.2, 0) is 0 Å². The number of carbonyl (C=O) groups is 1. The minimum absolute atomic E-state index is 0.0262. The fourth-order valence-electron chi connectivity index (χ4n) is 2.25. The van der Waals surface area contributed by atoms with Crippen molar-refractivity contribution in [1.29, 1.82) is 0 Å². The number of hydrogen-bond donors (Lipinski definition) is 1. The van der Waals surface area contributed by atoms with Crippen LogP contribution in [0.5, 0.6) is 11.5 Å². The second-order valence-electron chi connectivity index (χ2n) is 5.74. The molecule has 0 saturated heterocycles. The maximum absolute atomic E-state index is 12.4. The Bertz CT molecular complexity index is 802. The van der Waals surface area contributed by atoms with E-state index >= 15 is 0 Å². The third kappa shape index (κ3) is 4.47. The average Bonchev–Trinajstić information content (AvgIpc) is 2.56. The summed E-state index contributed by atoms with van der Waals surface area (Å²) in [7, 11) is 1.49. The average molecular weight is 344 g/mol. The van der Waals surface area contributed by atoms with E-state index in [1.807, 2.05) is 13.8 Å². The summed E-state index contributed by atoms with van der Waals surface area (Å²) >= 11 is 0. The molecule has 0 spiro atoms. The van der Waals surface area contributed by atoms with E-state index in [1.54, 1.807) is 37.3 Å². The predicted octanol–water partition coefficient (Wildman–Crippen LogP) is 3.95. The highest BCUT2D eigenvalue weighted by Crippen LogP contribution is 2.29. The molecule has 1 amide bonds. The molecule has 0 heterocycles. The van der Waals surface area contributed by atoms with Crippen molar-refractivity contribution in [3.05, 3.63) is 57.6 Å². The number of nitrogens with one attached hydrogen (secondary N) is 1. The molecule has 1 N–H and O–H groups in total. The van der Waals surface area contributed by atoms with Gasteiger partial charge in [0.15, 0.2) is 11.5 Å². The summed E-state index contributed by atoms with van der Waals surface area (Å²) in [5, 5.41) is 13.7. The first-order chi connectivity index (χ1) is 11.8. The fourth-order valence-corrected chi connectivity index (χ4v) is 2.25. The molecule has 0 radical (unpaired) electrons. The molecule has 2 aromatic rings. The Kier molecular flexibility index (Phi) is 5.59. The topological polar surface area (TPSA) is 90.7 Å². The van der Waals surface area contributed by atoms with Gasteiger partial charge in [0.2, 0.25) is 0 Å². The monoisotopic (exact) mass is 344 g/mol. The van der Waals surface area contributed by atoms with E-state index in [9.17, 15) is 14.9 Å². The number of aryl methyl sites for hydroxylation is 1. The molecular weight excluding hydrogens is 324 g/mol. The standard InChI is InChI=1S/C18H20N2O5/c1-11(2)25-16-8-6-13(9-17(16)24-4)18(21)19-14-7-5-12(3)15(10-14)20(22)23/h5-11H,1-4H3,(H,19,21). The highest BCUT2D eigenvalue weighted by Gasteiger charge is 2.15. The molecule has 7 heteroatoms. The molecule has 0 fully saturated rings. The fraction of sp³-hybridized carbons (Fsp3) is 0.278. The van der Waals surface area contributed by atoms with E-state index in [4.69, 9.17) is 9.47 Å². The lowest BCUT2D eigenvalue weighted by molar-refractivity contribution is -0.385. The van der Waals surface area contributed by atoms with Gasteiger partial charge in [0.1, 0.15) is 0 Å². The third-order valence-electron chi connectivity index (χ3n) is 3.45. The number of nitro groups is 1. The van der Waals surface area contributed by atoms with E-state index in [0.29, 0.717) is 28.3 Å². The second-order valence-corrected chi connectivity index (χ2v) is 5.74. The number of anilines is 1. The first-order valence-corrected chi connectivity index (χ1v) is 7.73. The molecule has 25 heavy (non-hydrogen) atoms. The van der Waals surface area contributed by atoms with Crippen LogP contribution in [0.25, 0.3) is 0 Å². The van der Waals surface area contributed by atoms with Crippen LogP contribution >= 0.6 is 0 Å². The van der Waals surface area contributed by atoms with Crippen LogP contribution in [0.1, 0.15) is 29.8 Å². The number of amides is 1. The molecule has 132 valence electrons. The van der Waals surface area contributed by atoms with Crippen molar-refractivity contribution in [1.82, 2.24) is 0 Å². The van der Waals surface area contributed by atoms with Gasteiger partial charge in [-0.05, 0) is 45.0 Å². The maximum Gasteiger partial charge on any atom is 0.274 e. The van der Waals surface area contributed by atoms with Gasteiger partial charge in [-0.1, -0.05) is 6.07 Å². The molecule has 2 aromatic carbocycles. The summed E-state index contributed by atoms with van der Waals surface area (Å²) in [6.07, 6.45) is -0.0262. The number of rotatable bonds is 6. The van der Waals surface area contributed by atoms with Gasteiger partial charge in [0, 0.05) is 22.9 Å². The lowest BCUT2D eigenvalue weighted by Gasteiger charge is -2.14. The molecule has 0 aliphatic heterocycles. The smallest absolute Gasteiger partial charge is 0.274 e. The molecule has 0 unspecified atom stereocenters. The van der Waals surface area contributed by atoms with Crippen molar-refractivity contribution in [3.63, 3.8) is 0 Å². The van der Waals surface area contributed by atoms with Crippen molar-refractivity contribution in [2.24, 2.45) is 0 Å². The minimum atomic E-state index is -0.480. The largest absolute Gasteiger partial charge is 0.493 e. The van der Waals surface area contributed by atoms with E-state index in [-0.39, 0.29) is 11.8 Å². The highest BCUT2D eigenvalue weighted by atomic mass is 16.6. The first-order valence-electron chi connectivity index (χ1n) is 7.73. The number of carbonyl (C=O) groups excluding carboxylic acids is 1. The van der Waals surface area contributed by atoms with Crippen LogP contribution in [0, 0.1) is 17.0 Å². The first kappa shape index (κ1) is 18.3. The van der Waals surface area contributed by atoms with Crippen molar-refractivity contribution in [3.8, 4) is 11.5 Å². The molecular formula is C18H20N2O5. The number of ether oxygens (including phenoxy) is 2. The van der Waals surface area contributed by atoms with E-state index in [0.717, 1.165) is 0 Å². The van der Waals surface area contributed by atoms with Crippen LogP contribution in [0.15, 0.2) is 36.4 Å². The van der Waals surface area contributed by atoms with E-state index in [2.05, 4.69) is 5.32 Å². The van der Waals surface area contributed by atoms with Crippen LogP contribution in [0.2, 0.25) is 0 Å². The Labute approximate surface area is 145 Å². The summed E-state index contributed by atoms with van der Waals surface area (Å²) in [6, 6.07) is 9.38. The molecule has 0 atom stereocenters. The summed E-state index contributed by atoms with van der Waals surface area (Å²) in [5.41, 5.74) is 1.19. The Hall–Kier alpha value is -3.09. The number of nitrogens with zero attached hydrogens (tertiary/aromatic N) is 1.